The Balaban J connectivity index is 0.00000121. The highest BCUT2D eigenvalue weighted by atomic mass is 35.5. The monoisotopic (exact) mass is 348 g/mol. The van der Waals surface area contributed by atoms with Crippen molar-refractivity contribution >= 4 is 30.8 Å². The minimum Gasteiger partial charge on any atom is -0.338 e. The highest BCUT2D eigenvalue weighted by molar-refractivity contribution is 5.85. The predicted octanol–water partition coefficient (Wildman–Crippen LogP) is 2.68. The number of halogens is 4. The number of piperazine rings is 1. The Morgan fingerprint density at radius 3 is 2.27 bits per heavy atom. The lowest BCUT2D eigenvalue weighted by atomic mass is 10.1. The van der Waals surface area contributed by atoms with Crippen molar-refractivity contribution in [1.82, 2.24) is 15.3 Å². The van der Waals surface area contributed by atoms with Crippen molar-refractivity contribution < 1.29 is 8.78 Å². The van der Waals surface area contributed by atoms with Crippen LogP contribution in [0.2, 0.25) is 0 Å². The van der Waals surface area contributed by atoms with Crippen LogP contribution >= 0.6 is 24.8 Å². The van der Waals surface area contributed by atoms with Crippen LogP contribution in [0, 0.1) is 11.6 Å². The number of benzene rings is 1. The molecule has 1 aliphatic rings. The van der Waals surface area contributed by atoms with E-state index in [1.165, 1.54) is 30.5 Å². The van der Waals surface area contributed by atoms with Crippen molar-refractivity contribution in [2.75, 3.05) is 31.1 Å². The lowest BCUT2D eigenvalue weighted by Crippen LogP contribution is -2.44. The van der Waals surface area contributed by atoms with Gasteiger partial charge in [0, 0.05) is 32.4 Å². The molecule has 1 saturated heterocycles. The molecular weight excluding hydrogens is 333 g/mol. The summed E-state index contributed by atoms with van der Waals surface area (Å²) in [5, 5.41) is 3.23. The van der Waals surface area contributed by atoms with Gasteiger partial charge in [-0.05, 0) is 18.2 Å². The number of nitrogens with one attached hydrogen (secondary N) is 1. The van der Waals surface area contributed by atoms with Gasteiger partial charge in [-0.25, -0.2) is 18.7 Å². The molecule has 2 heterocycles. The van der Waals surface area contributed by atoms with Crippen molar-refractivity contribution in [3.63, 3.8) is 0 Å². The van der Waals surface area contributed by atoms with E-state index in [2.05, 4.69) is 15.3 Å². The molecule has 0 aliphatic carbocycles. The van der Waals surface area contributed by atoms with Crippen LogP contribution in [0.3, 0.4) is 0 Å². The summed E-state index contributed by atoms with van der Waals surface area (Å²) in [4.78, 5) is 10.5. The second-order valence-corrected chi connectivity index (χ2v) is 4.58. The molecule has 1 aromatic carbocycles. The highest BCUT2D eigenvalue weighted by Crippen LogP contribution is 2.25. The molecule has 1 fully saturated rings. The Morgan fingerprint density at radius 2 is 1.64 bits per heavy atom. The van der Waals surface area contributed by atoms with Crippen LogP contribution < -0.4 is 10.2 Å². The Bertz CT molecular complexity index is 601. The van der Waals surface area contributed by atoms with Gasteiger partial charge in [0.25, 0.3) is 0 Å². The third-order valence-corrected chi connectivity index (χ3v) is 3.26. The SMILES string of the molecule is Cl.Cl.Fc1cccc(F)c1-c1ccnc(N2CCNCC2)n1. The summed E-state index contributed by atoms with van der Waals surface area (Å²) >= 11 is 0. The molecule has 1 aliphatic heterocycles. The molecule has 0 unspecified atom stereocenters. The van der Waals surface area contributed by atoms with E-state index in [0.717, 1.165) is 26.2 Å². The largest absolute Gasteiger partial charge is 0.338 e. The first-order valence-corrected chi connectivity index (χ1v) is 6.49. The van der Waals surface area contributed by atoms with E-state index in [0.29, 0.717) is 5.95 Å². The van der Waals surface area contributed by atoms with Gasteiger partial charge in [-0.1, -0.05) is 6.07 Å². The molecule has 1 aromatic heterocycles. The Kier molecular flexibility index (Phi) is 6.93. The van der Waals surface area contributed by atoms with Crippen molar-refractivity contribution in [1.29, 1.82) is 0 Å². The molecule has 0 amide bonds. The van der Waals surface area contributed by atoms with Gasteiger partial charge in [0.05, 0.1) is 11.3 Å². The summed E-state index contributed by atoms with van der Waals surface area (Å²) in [6.07, 6.45) is 1.53. The minimum atomic E-state index is -0.616. The lowest BCUT2D eigenvalue weighted by molar-refractivity contribution is 0.578. The summed E-state index contributed by atoms with van der Waals surface area (Å²) in [6, 6.07) is 5.32. The van der Waals surface area contributed by atoms with Crippen LogP contribution in [0.15, 0.2) is 30.5 Å². The van der Waals surface area contributed by atoms with E-state index in [-0.39, 0.29) is 36.1 Å². The molecule has 4 nitrogen and oxygen atoms in total. The smallest absolute Gasteiger partial charge is 0.225 e. The number of hydrogen-bond donors (Lipinski definition) is 1. The summed E-state index contributed by atoms with van der Waals surface area (Å²) < 4.78 is 27.6. The molecule has 0 radical (unpaired) electrons. The van der Waals surface area contributed by atoms with E-state index in [1.807, 2.05) is 4.90 Å². The van der Waals surface area contributed by atoms with Gasteiger partial charge in [0.15, 0.2) is 0 Å². The maximum Gasteiger partial charge on any atom is 0.225 e. The fourth-order valence-electron chi connectivity index (χ4n) is 2.25. The van der Waals surface area contributed by atoms with E-state index in [9.17, 15) is 8.78 Å². The third kappa shape index (κ3) is 3.82. The Morgan fingerprint density at radius 1 is 1.00 bits per heavy atom. The Labute approximate surface area is 139 Å². The highest BCUT2D eigenvalue weighted by Gasteiger charge is 2.16. The fraction of sp³-hybridized carbons (Fsp3) is 0.286. The summed E-state index contributed by atoms with van der Waals surface area (Å²) in [5.74, 6) is -0.725. The zero-order valence-corrected chi connectivity index (χ0v) is 13.3. The normalized spacial score (nSPS) is 14.0. The zero-order chi connectivity index (χ0) is 13.9. The molecule has 0 bridgehead atoms. The van der Waals surface area contributed by atoms with Gasteiger partial charge in [-0.15, -0.1) is 24.8 Å². The molecule has 0 atom stereocenters. The first kappa shape index (κ1) is 18.5. The summed E-state index contributed by atoms with van der Waals surface area (Å²) in [5.41, 5.74) is 0.162. The molecule has 22 heavy (non-hydrogen) atoms. The third-order valence-electron chi connectivity index (χ3n) is 3.26. The number of aromatic nitrogens is 2. The number of hydrogen-bond acceptors (Lipinski definition) is 4. The topological polar surface area (TPSA) is 41.1 Å². The van der Waals surface area contributed by atoms with Crippen molar-refractivity contribution in [2.45, 2.75) is 0 Å². The van der Waals surface area contributed by atoms with Crippen molar-refractivity contribution in [3.05, 3.63) is 42.1 Å². The minimum absolute atomic E-state index is 0. The number of rotatable bonds is 2. The zero-order valence-electron chi connectivity index (χ0n) is 11.6. The van der Waals surface area contributed by atoms with E-state index in [4.69, 9.17) is 0 Å². The van der Waals surface area contributed by atoms with Crippen LogP contribution in [0.4, 0.5) is 14.7 Å². The van der Waals surface area contributed by atoms with Crippen LogP contribution in [0.25, 0.3) is 11.3 Å². The number of anilines is 1. The van der Waals surface area contributed by atoms with Gasteiger partial charge in [0.2, 0.25) is 5.95 Å². The molecule has 0 saturated carbocycles. The van der Waals surface area contributed by atoms with Crippen LogP contribution in [0.5, 0.6) is 0 Å². The second kappa shape index (κ2) is 8.22. The van der Waals surface area contributed by atoms with Crippen LogP contribution in [-0.2, 0) is 0 Å². The van der Waals surface area contributed by atoms with Crippen molar-refractivity contribution in [2.24, 2.45) is 0 Å². The standard InChI is InChI=1S/C14H14F2N4.2ClH/c15-10-2-1-3-11(16)13(10)12-4-5-18-14(19-12)20-8-6-17-7-9-20;;/h1-5,17H,6-9H2;2*1H. The first-order valence-electron chi connectivity index (χ1n) is 6.49. The molecule has 0 spiro atoms. The van der Waals surface area contributed by atoms with E-state index in [1.54, 1.807) is 0 Å². The maximum absolute atomic E-state index is 13.8. The van der Waals surface area contributed by atoms with Crippen molar-refractivity contribution in [3.8, 4) is 11.3 Å². The van der Waals surface area contributed by atoms with Gasteiger partial charge in [-0.2, -0.15) is 0 Å². The second-order valence-electron chi connectivity index (χ2n) is 4.58. The maximum atomic E-state index is 13.8. The molecular formula is C14H16Cl2F2N4. The van der Waals surface area contributed by atoms with Gasteiger partial charge < -0.3 is 10.2 Å². The van der Waals surface area contributed by atoms with E-state index < -0.39 is 11.6 Å². The molecule has 1 N–H and O–H groups in total. The van der Waals surface area contributed by atoms with Gasteiger partial charge >= 0.3 is 0 Å². The predicted molar refractivity (Wildman–Crippen MR) is 87.0 cm³/mol. The fourth-order valence-corrected chi connectivity index (χ4v) is 2.25. The lowest BCUT2D eigenvalue weighted by Gasteiger charge is -2.27. The first-order chi connectivity index (χ1) is 9.75. The average molecular weight is 349 g/mol. The summed E-state index contributed by atoms with van der Waals surface area (Å²) in [7, 11) is 0. The Hall–Kier alpha value is -1.50. The summed E-state index contributed by atoms with van der Waals surface area (Å²) in [6.45, 7) is 3.26. The quantitative estimate of drug-likeness (QED) is 0.905. The number of nitrogens with zero attached hydrogens (tertiary/aromatic N) is 3. The van der Waals surface area contributed by atoms with Crippen LogP contribution in [0.1, 0.15) is 0 Å². The molecule has 3 rings (SSSR count). The van der Waals surface area contributed by atoms with Crippen LogP contribution in [-0.4, -0.2) is 36.1 Å². The van der Waals surface area contributed by atoms with Gasteiger partial charge in [0.1, 0.15) is 11.6 Å². The van der Waals surface area contributed by atoms with E-state index >= 15 is 0 Å². The molecule has 2 aromatic rings. The van der Waals surface area contributed by atoms with Gasteiger partial charge in [-0.3, -0.25) is 0 Å². The average Bonchev–Trinajstić information content (AvgIpc) is 2.48. The molecule has 120 valence electrons. The molecule has 8 heteroatoms.